The second-order valence-corrected chi connectivity index (χ2v) is 5.43. The Kier molecular flexibility index (Phi) is 5.89. The summed E-state index contributed by atoms with van der Waals surface area (Å²) in [7, 11) is 0. The van der Waals surface area contributed by atoms with Crippen LogP contribution in [0.2, 0.25) is 0 Å². The van der Waals surface area contributed by atoms with Crippen LogP contribution in [0.3, 0.4) is 0 Å². The molecule has 0 radical (unpaired) electrons. The third kappa shape index (κ3) is 3.72. The Morgan fingerprint density at radius 2 is 1.75 bits per heavy atom. The van der Waals surface area contributed by atoms with E-state index in [0.29, 0.717) is 5.92 Å². The molecular formula is C14H26O2. The maximum Gasteiger partial charge on any atom is 0.131 e. The van der Waals surface area contributed by atoms with Crippen molar-refractivity contribution in [3.8, 4) is 12.0 Å². The highest BCUT2D eigenvalue weighted by Crippen LogP contribution is 2.40. The van der Waals surface area contributed by atoms with Gasteiger partial charge in [-0.15, -0.1) is 0 Å². The number of hydrogen-bond acceptors (Lipinski definition) is 2. The molecule has 2 nitrogen and oxygen atoms in total. The van der Waals surface area contributed by atoms with E-state index >= 15 is 0 Å². The highest BCUT2D eigenvalue weighted by Gasteiger charge is 2.42. The fourth-order valence-electron chi connectivity index (χ4n) is 1.81. The Hall–Kier alpha value is -0.680. The van der Waals surface area contributed by atoms with E-state index in [2.05, 4.69) is 19.8 Å². The monoisotopic (exact) mass is 226 g/mol. The van der Waals surface area contributed by atoms with Gasteiger partial charge in [0.05, 0.1) is 0 Å². The van der Waals surface area contributed by atoms with Crippen LogP contribution < -0.4 is 0 Å². The van der Waals surface area contributed by atoms with Gasteiger partial charge in [0.15, 0.2) is 0 Å². The molecule has 0 aromatic heterocycles. The molecule has 0 amide bonds. The van der Waals surface area contributed by atoms with Crippen LogP contribution >= 0.6 is 0 Å². The van der Waals surface area contributed by atoms with Gasteiger partial charge in [0.25, 0.3) is 0 Å². The van der Waals surface area contributed by atoms with Crippen molar-refractivity contribution in [1.29, 1.82) is 0 Å². The summed E-state index contributed by atoms with van der Waals surface area (Å²) < 4.78 is 0. The average molecular weight is 226 g/mol. The summed E-state index contributed by atoms with van der Waals surface area (Å²) in [6, 6.07) is 0. The van der Waals surface area contributed by atoms with E-state index in [0.717, 1.165) is 6.42 Å². The second-order valence-electron chi connectivity index (χ2n) is 5.43. The quantitative estimate of drug-likeness (QED) is 0.539. The molecule has 0 fully saturated rings. The van der Waals surface area contributed by atoms with Gasteiger partial charge in [-0.25, -0.2) is 0 Å². The zero-order valence-electron chi connectivity index (χ0n) is 11.3. The lowest BCUT2D eigenvalue weighted by molar-refractivity contribution is -0.0356. The molecule has 0 unspecified atom stereocenters. The van der Waals surface area contributed by atoms with E-state index in [4.69, 9.17) is 5.11 Å². The van der Waals surface area contributed by atoms with Gasteiger partial charge in [-0.3, -0.25) is 0 Å². The zero-order valence-corrected chi connectivity index (χ0v) is 11.3. The van der Waals surface area contributed by atoms with Gasteiger partial charge in [-0.2, -0.15) is 0 Å². The Balaban J connectivity index is 4.55. The third-order valence-electron chi connectivity index (χ3n) is 4.03. The van der Waals surface area contributed by atoms with Gasteiger partial charge in [0.1, 0.15) is 11.7 Å². The average Bonchev–Trinajstić information content (AvgIpc) is 2.17. The van der Waals surface area contributed by atoms with Crippen molar-refractivity contribution in [2.24, 2.45) is 11.3 Å². The van der Waals surface area contributed by atoms with Gasteiger partial charge in [-0.1, -0.05) is 53.4 Å². The fraction of sp³-hybridized carbons (Fsp3) is 0.857. The van der Waals surface area contributed by atoms with Crippen LogP contribution in [0, 0.1) is 23.4 Å². The van der Waals surface area contributed by atoms with Crippen LogP contribution in [0.1, 0.15) is 60.3 Å². The Bertz CT molecular complexity index is 256. The molecule has 0 heterocycles. The lowest BCUT2D eigenvalue weighted by atomic mass is 9.66. The molecule has 0 aliphatic rings. The van der Waals surface area contributed by atoms with Crippen molar-refractivity contribution in [3.63, 3.8) is 0 Å². The van der Waals surface area contributed by atoms with Crippen LogP contribution in [-0.2, 0) is 0 Å². The maximum absolute atomic E-state index is 10.2. The molecule has 0 aliphatic carbocycles. The fourth-order valence-corrected chi connectivity index (χ4v) is 1.81. The van der Waals surface area contributed by atoms with Crippen molar-refractivity contribution in [2.45, 2.75) is 65.9 Å². The highest BCUT2D eigenvalue weighted by molar-refractivity contribution is 5.14. The molecule has 0 aromatic rings. The molecule has 2 atom stereocenters. The van der Waals surface area contributed by atoms with Gasteiger partial charge < -0.3 is 10.2 Å². The van der Waals surface area contributed by atoms with Crippen molar-refractivity contribution in [2.75, 3.05) is 0 Å². The van der Waals surface area contributed by atoms with Crippen LogP contribution in [0.4, 0.5) is 0 Å². The summed E-state index contributed by atoms with van der Waals surface area (Å²) in [5, 5.41) is 18.9. The second kappa shape index (κ2) is 6.15. The van der Waals surface area contributed by atoms with Gasteiger partial charge >= 0.3 is 0 Å². The van der Waals surface area contributed by atoms with Crippen LogP contribution in [0.25, 0.3) is 0 Å². The maximum atomic E-state index is 10.2. The first kappa shape index (κ1) is 15.3. The molecular weight excluding hydrogens is 200 g/mol. The smallest absolute Gasteiger partial charge is 0.131 e. The predicted molar refractivity (Wildman–Crippen MR) is 67.4 cm³/mol. The minimum absolute atomic E-state index is 0.323. The lowest BCUT2D eigenvalue weighted by Crippen LogP contribution is -2.45. The van der Waals surface area contributed by atoms with Crippen molar-refractivity contribution in [1.82, 2.24) is 0 Å². The molecule has 0 aliphatic heterocycles. The Morgan fingerprint density at radius 3 is 2.19 bits per heavy atom. The summed E-state index contributed by atoms with van der Waals surface area (Å²) in [6.45, 7) is 10.0. The molecule has 0 aromatic carbocycles. The largest absolute Gasteiger partial charge is 0.462 e. The number of aliphatic hydroxyl groups is 2. The molecule has 0 rings (SSSR count). The van der Waals surface area contributed by atoms with Crippen molar-refractivity contribution in [3.05, 3.63) is 0 Å². The summed E-state index contributed by atoms with van der Waals surface area (Å²) in [5.74, 6) is 2.86. The topological polar surface area (TPSA) is 40.5 Å². The Morgan fingerprint density at radius 1 is 1.19 bits per heavy atom. The van der Waals surface area contributed by atoms with Gasteiger partial charge in [0.2, 0.25) is 0 Å². The minimum atomic E-state index is -1.15. The molecule has 94 valence electrons. The lowest BCUT2D eigenvalue weighted by Gasteiger charge is -2.41. The zero-order chi connectivity index (χ0) is 12.8. The standard InChI is InChI=1S/C14H26O2/c1-6-7-8-9-12(2)13(3,4)14(5,16)10-11-15/h12,15-16H,6-9H2,1-5H3/t12-,14+/m1/s1. The molecule has 0 bridgehead atoms. The molecule has 16 heavy (non-hydrogen) atoms. The van der Waals surface area contributed by atoms with Gasteiger partial charge in [-0.05, 0) is 18.8 Å². The molecule has 2 N–H and O–H groups in total. The first-order valence-corrected chi connectivity index (χ1v) is 6.18. The van der Waals surface area contributed by atoms with E-state index < -0.39 is 5.60 Å². The number of aliphatic hydroxyl groups excluding tert-OH is 1. The van der Waals surface area contributed by atoms with E-state index in [1.807, 2.05) is 20.0 Å². The SMILES string of the molecule is CCCCC[C@@H](C)C(C)(C)[C@@](C)(O)C#CO. The van der Waals surface area contributed by atoms with Crippen molar-refractivity contribution >= 4 is 0 Å². The summed E-state index contributed by atoms with van der Waals surface area (Å²) in [5.41, 5.74) is -1.47. The minimum Gasteiger partial charge on any atom is -0.462 e. The van der Waals surface area contributed by atoms with Crippen molar-refractivity contribution < 1.29 is 10.2 Å². The van der Waals surface area contributed by atoms with Crippen LogP contribution in [0.15, 0.2) is 0 Å². The number of unbranched alkanes of at least 4 members (excludes halogenated alkanes) is 2. The van der Waals surface area contributed by atoms with E-state index in [9.17, 15) is 5.11 Å². The summed E-state index contributed by atoms with van der Waals surface area (Å²) in [6.07, 6.45) is 6.55. The third-order valence-corrected chi connectivity index (χ3v) is 4.03. The first-order valence-electron chi connectivity index (χ1n) is 6.18. The van der Waals surface area contributed by atoms with E-state index in [1.165, 1.54) is 19.3 Å². The predicted octanol–water partition coefficient (Wildman–Crippen LogP) is 3.31. The summed E-state index contributed by atoms with van der Waals surface area (Å²) in [4.78, 5) is 0. The van der Waals surface area contributed by atoms with Gasteiger partial charge in [0, 0.05) is 5.41 Å². The molecule has 2 heteroatoms. The number of hydrogen-bond donors (Lipinski definition) is 2. The van der Waals surface area contributed by atoms with E-state index in [1.54, 1.807) is 6.92 Å². The normalized spacial score (nSPS) is 17.1. The van der Waals surface area contributed by atoms with E-state index in [-0.39, 0.29) is 5.41 Å². The van der Waals surface area contributed by atoms with Crippen LogP contribution in [-0.4, -0.2) is 15.8 Å². The number of rotatable bonds is 6. The highest BCUT2D eigenvalue weighted by atomic mass is 16.3. The summed E-state index contributed by atoms with van der Waals surface area (Å²) >= 11 is 0. The molecule has 0 spiro atoms. The van der Waals surface area contributed by atoms with Crippen LogP contribution in [0.5, 0.6) is 0 Å². The first-order chi connectivity index (χ1) is 7.29. The molecule has 0 saturated carbocycles. The molecule has 0 saturated heterocycles. The Labute approximate surface area is 100 Å².